The Morgan fingerprint density at radius 3 is 2.54 bits per heavy atom. The van der Waals surface area contributed by atoms with Crippen LogP contribution in [-0.2, 0) is 24.8 Å². The second kappa shape index (κ2) is 8.02. The highest BCUT2D eigenvalue weighted by atomic mass is 16.5. The van der Waals surface area contributed by atoms with E-state index in [0.29, 0.717) is 19.8 Å². The molecular weight excluding hydrogens is 356 g/mol. The Morgan fingerprint density at radius 2 is 1.86 bits per heavy atom. The fourth-order valence-electron chi connectivity index (χ4n) is 3.60. The third-order valence-corrected chi connectivity index (χ3v) is 4.99. The molecule has 0 aliphatic carbocycles. The highest BCUT2D eigenvalue weighted by Gasteiger charge is 2.20. The predicted octanol–water partition coefficient (Wildman–Crippen LogP) is 2.38. The van der Waals surface area contributed by atoms with Gasteiger partial charge in [0.05, 0.1) is 42.6 Å². The van der Waals surface area contributed by atoms with Crippen LogP contribution in [0.15, 0.2) is 24.3 Å². The number of methoxy groups -OCH3 is 1. The van der Waals surface area contributed by atoms with E-state index in [-0.39, 0.29) is 0 Å². The number of benzene rings is 1. The fourth-order valence-corrected chi connectivity index (χ4v) is 3.60. The third kappa shape index (κ3) is 3.47. The maximum Gasteiger partial charge on any atom is 0.216 e. The van der Waals surface area contributed by atoms with Gasteiger partial charge in [-0.05, 0) is 18.6 Å². The van der Waals surface area contributed by atoms with Gasteiger partial charge in [0.25, 0.3) is 0 Å². The summed E-state index contributed by atoms with van der Waals surface area (Å²) in [6.07, 6.45) is 0.841. The molecular formula is C20H26N6O2. The van der Waals surface area contributed by atoms with Crippen LogP contribution in [0.25, 0.3) is 11.0 Å². The van der Waals surface area contributed by atoms with E-state index in [1.54, 1.807) is 11.8 Å². The van der Waals surface area contributed by atoms with Crippen molar-refractivity contribution in [3.05, 3.63) is 35.5 Å². The first-order valence-corrected chi connectivity index (χ1v) is 9.63. The molecule has 0 amide bonds. The zero-order valence-corrected chi connectivity index (χ0v) is 16.6. The number of aryl methyl sites for hydroxylation is 2. The van der Waals surface area contributed by atoms with Crippen LogP contribution < -0.4 is 15.0 Å². The summed E-state index contributed by atoms with van der Waals surface area (Å²) in [5.41, 5.74) is 3.84. The number of hydrogen-bond acceptors (Lipinski definition) is 7. The number of hydrogen-bond donors (Lipinski definition) is 1. The van der Waals surface area contributed by atoms with Crippen molar-refractivity contribution in [1.82, 2.24) is 19.7 Å². The molecule has 2 aromatic heterocycles. The van der Waals surface area contributed by atoms with Crippen molar-refractivity contribution in [2.24, 2.45) is 7.05 Å². The van der Waals surface area contributed by atoms with Crippen LogP contribution in [0, 0.1) is 0 Å². The number of rotatable bonds is 6. The lowest BCUT2D eigenvalue weighted by Gasteiger charge is -2.29. The summed E-state index contributed by atoms with van der Waals surface area (Å²) in [6, 6.07) is 7.95. The first-order chi connectivity index (χ1) is 13.7. The standard InChI is InChI=1S/C20H26N6O2/c1-4-15-14(20(27-3)25(2)24-15)13-21-18-19(26-9-11-28-12-10-26)23-17-8-6-5-7-16(17)22-18/h5-8H,4,9-13H2,1-3H3,(H,21,22). The molecule has 0 spiro atoms. The number of ether oxygens (including phenoxy) is 2. The molecule has 148 valence electrons. The number of morpholine rings is 1. The van der Waals surface area contributed by atoms with Gasteiger partial charge >= 0.3 is 0 Å². The Labute approximate surface area is 164 Å². The zero-order chi connectivity index (χ0) is 19.5. The minimum Gasteiger partial charge on any atom is -0.481 e. The SMILES string of the molecule is CCc1nn(C)c(OC)c1CNc1nc2ccccc2nc1N1CCOCC1. The van der Waals surface area contributed by atoms with E-state index in [2.05, 4.69) is 22.2 Å². The molecule has 1 aromatic carbocycles. The molecule has 0 unspecified atom stereocenters. The molecule has 28 heavy (non-hydrogen) atoms. The lowest BCUT2D eigenvalue weighted by atomic mass is 10.2. The normalized spacial score (nSPS) is 14.5. The van der Waals surface area contributed by atoms with Crippen LogP contribution in [-0.4, -0.2) is 53.2 Å². The van der Waals surface area contributed by atoms with E-state index in [1.807, 2.05) is 31.3 Å². The van der Waals surface area contributed by atoms with E-state index >= 15 is 0 Å². The van der Waals surface area contributed by atoms with Gasteiger partial charge in [0.2, 0.25) is 5.88 Å². The van der Waals surface area contributed by atoms with Gasteiger partial charge in [-0.3, -0.25) is 0 Å². The van der Waals surface area contributed by atoms with Gasteiger partial charge in [-0.15, -0.1) is 0 Å². The van der Waals surface area contributed by atoms with Gasteiger partial charge in [-0.2, -0.15) is 5.10 Å². The van der Waals surface area contributed by atoms with Crippen molar-refractivity contribution < 1.29 is 9.47 Å². The monoisotopic (exact) mass is 382 g/mol. The summed E-state index contributed by atoms with van der Waals surface area (Å²) < 4.78 is 12.8. The van der Waals surface area contributed by atoms with Crippen molar-refractivity contribution in [1.29, 1.82) is 0 Å². The maximum absolute atomic E-state index is 5.56. The number of para-hydroxylation sites is 2. The highest BCUT2D eigenvalue weighted by molar-refractivity contribution is 5.80. The van der Waals surface area contributed by atoms with E-state index < -0.39 is 0 Å². The largest absolute Gasteiger partial charge is 0.481 e. The first-order valence-electron chi connectivity index (χ1n) is 9.63. The van der Waals surface area contributed by atoms with Gasteiger partial charge in [0.1, 0.15) is 0 Å². The summed E-state index contributed by atoms with van der Waals surface area (Å²) in [7, 11) is 3.57. The molecule has 0 radical (unpaired) electrons. The summed E-state index contributed by atoms with van der Waals surface area (Å²) in [5, 5.41) is 8.06. The first kappa shape index (κ1) is 18.5. The van der Waals surface area contributed by atoms with E-state index in [1.165, 1.54) is 0 Å². The maximum atomic E-state index is 5.56. The minimum absolute atomic E-state index is 0.574. The van der Waals surface area contributed by atoms with Gasteiger partial charge in [0.15, 0.2) is 11.6 Å². The molecule has 1 aliphatic rings. The summed E-state index contributed by atoms with van der Waals surface area (Å²) in [5.74, 6) is 2.41. The molecule has 1 fully saturated rings. The Hall–Kier alpha value is -2.87. The van der Waals surface area contributed by atoms with Gasteiger partial charge in [-0.1, -0.05) is 19.1 Å². The van der Waals surface area contributed by atoms with Crippen LogP contribution in [0.5, 0.6) is 5.88 Å². The number of anilines is 2. The van der Waals surface area contributed by atoms with Crippen molar-refractivity contribution >= 4 is 22.7 Å². The molecule has 0 atom stereocenters. The molecule has 1 N–H and O–H groups in total. The average molecular weight is 382 g/mol. The van der Waals surface area contributed by atoms with E-state index in [0.717, 1.165) is 59.3 Å². The lowest BCUT2D eigenvalue weighted by Crippen LogP contribution is -2.37. The number of nitrogens with zero attached hydrogens (tertiary/aromatic N) is 5. The smallest absolute Gasteiger partial charge is 0.216 e. The molecule has 1 aliphatic heterocycles. The summed E-state index contributed by atoms with van der Waals surface area (Å²) in [4.78, 5) is 12.0. The average Bonchev–Trinajstić information content (AvgIpc) is 3.06. The molecule has 0 saturated carbocycles. The van der Waals surface area contributed by atoms with Crippen LogP contribution in [0.4, 0.5) is 11.6 Å². The Kier molecular flexibility index (Phi) is 5.29. The van der Waals surface area contributed by atoms with E-state index in [9.17, 15) is 0 Å². The van der Waals surface area contributed by atoms with Crippen LogP contribution in [0.1, 0.15) is 18.2 Å². The van der Waals surface area contributed by atoms with Crippen LogP contribution in [0.3, 0.4) is 0 Å². The lowest BCUT2D eigenvalue weighted by molar-refractivity contribution is 0.122. The van der Waals surface area contributed by atoms with Crippen molar-refractivity contribution in [3.8, 4) is 5.88 Å². The molecule has 8 nitrogen and oxygen atoms in total. The van der Waals surface area contributed by atoms with Crippen LogP contribution in [0.2, 0.25) is 0 Å². The quantitative estimate of drug-likeness (QED) is 0.701. The highest BCUT2D eigenvalue weighted by Crippen LogP contribution is 2.28. The van der Waals surface area contributed by atoms with Gasteiger partial charge in [0, 0.05) is 26.7 Å². The second-order valence-electron chi connectivity index (χ2n) is 6.75. The molecule has 3 heterocycles. The Bertz CT molecular complexity index is 965. The minimum atomic E-state index is 0.574. The summed E-state index contributed by atoms with van der Waals surface area (Å²) in [6.45, 7) is 5.68. The molecule has 0 bridgehead atoms. The van der Waals surface area contributed by atoms with E-state index in [4.69, 9.17) is 19.4 Å². The van der Waals surface area contributed by atoms with Gasteiger partial charge < -0.3 is 19.7 Å². The molecule has 4 rings (SSSR count). The Balaban J connectivity index is 1.69. The fraction of sp³-hybridized carbons (Fsp3) is 0.450. The predicted molar refractivity (Wildman–Crippen MR) is 109 cm³/mol. The molecule has 3 aromatic rings. The topological polar surface area (TPSA) is 77.3 Å². The molecule has 1 saturated heterocycles. The second-order valence-corrected chi connectivity index (χ2v) is 6.75. The zero-order valence-electron chi connectivity index (χ0n) is 16.6. The summed E-state index contributed by atoms with van der Waals surface area (Å²) >= 11 is 0. The van der Waals surface area contributed by atoms with Crippen LogP contribution >= 0.6 is 0 Å². The number of fused-ring (bicyclic) bond motifs is 1. The molecule has 8 heteroatoms. The van der Waals surface area contributed by atoms with Crippen molar-refractivity contribution in [3.63, 3.8) is 0 Å². The Morgan fingerprint density at radius 1 is 1.14 bits per heavy atom. The number of nitrogens with one attached hydrogen (secondary N) is 1. The number of aromatic nitrogens is 4. The third-order valence-electron chi connectivity index (χ3n) is 4.99. The van der Waals surface area contributed by atoms with Crippen molar-refractivity contribution in [2.45, 2.75) is 19.9 Å². The van der Waals surface area contributed by atoms with Crippen molar-refractivity contribution in [2.75, 3.05) is 43.6 Å². The van der Waals surface area contributed by atoms with Gasteiger partial charge in [-0.25, -0.2) is 14.6 Å².